The largest absolute Gasteiger partial charge is 0.486 e. The Labute approximate surface area is 159 Å². The van der Waals surface area contributed by atoms with Gasteiger partial charge < -0.3 is 20.5 Å². The van der Waals surface area contributed by atoms with E-state index in [1.807, 2.05) is 12.1 Å². The van der Waals surface area contributed by atoms with Crippen LogP contribution < -0.4 is 20.5 Å². The summed E-state index contributed by atoms with van der Waals surface area (Å²) < 4.78 is 11.2. The summed E-state index contributed by atoms with van der Waals surface area (Å²) in [4.78, 5) is 12.6. The third kappa shape index (κ3) is 3.65. The number of rotatable bonds is 4. The molecule has 3 aliphatic rings. The number of hydrogen-bond donors (Lipinski definition) is 2. The minimum Gasteiger partial charge on any atom is -0.486 e. The fourth-order valence-electron chi connectivity index (χ4n) is 4.79. The average molecular weight is 379 g/mol. The first-order valence-electron chi connectivity index (χ1n) is 9.73. The molecule has 1 aromatic rings. The van der Waals surface area contributed by atoms with Gasteiger partial charge in [-0.2, -0.15) is 0 Å². The van der Waals surface area contributed by atoms with Crippen LogP contribution in [-0.4, -0.2) is 31.7 Å². The summed E-state index contributed by atoms with van der Waals surface area (Å²) in [5.74, 6) is 2.66. The van der Waals surface area contributed by atoms with Crippen molar-refractivity contribution in [1.29, 1.82) is 0 Å². The molecule has 0 saturated heterocycles. The Morgan fingerprint density at radius 1 is 1.19 bits per heavy atom. The lowest BCUT2D eigenvalue weighted by atomic mass is 9.65. The van der Waals surface area contributed by atoms with E-state index in [2.05, 4.69) is 5.32 Å². The summed E-state index contributed by atoms with van der Waals surface area (Å²) in [5.41, 5.74) is 7.37. The van der Waals surface area contributed by atoms with E-state index < -0.39 is 0 Å². The Hall–Kier alpha value is -1.46. The summed E-state index contributed by atoms with van der Waals surface area (Å²) in [6.45, 7) is 1.66. The van der Waals surface area contributed by atoms with Crippen LogP contribution in [0.5, 0.6) is 11.5 Å². The smallest absolute Gasteiger partial charge is 0.223 e. The zero-order valence-corrected chi connectivity index (χ0v) is 15.8. The Bertz CT molecular complexity index is 667. The van der Waals surface area contributed by atoms with E-state index in [9.17, 15) is 4.79 Å². The lowest BCUT2D eigenvalue weighted by Gasteiger charge is -2.43. The Kier molecular flexibility index (Phi) is 5.28. The van der Waals surface area contributed by atoms with Gasteiger partial charge >= 0.3 is 0 Å². The molecule has 5 nitrogen and oxygen atoms in total. The number of fused-ring (bicyclic) bond motifs is 3. The van der Waals surface area contributed by atoms with E-state index in [1.165, 1.54) is 19.3 Å². The monoisotopic (exact) mass is 378 g/mol. The molecule has 1 aliphatic heterocycles. The second kappa shape index (κ2) is 7.65. The molecule has 2 aliphatic carbocycles. The Morgan fingerprint density at radius 2 is 1.92 bits per heavy atom. The molecule has 2 fully saturated rings. The summed E-state index contributed by atoms with van der Waals surface area (Å²) in [6.07, 6.45) is 6.23. The zero-order chi connectivity index (χ0) is 18.1. The van der Waals surface area contributed by atoms with Gasteiger partial charge in [-0.3, -0.25) is 4.79 Å². The summed E-state index contributed by atoms with van der Waals surface area (Å²) in [5, 5.41) is 3.68. The van der Waals surface area contributed by atoms with E-state index in [4.69, 9.17) is 26.8 Å². The second-order valence-electron chi connectivity index (χ2n) is 7.84. The number of hydrogen-bond acceptors (Lipinski definition) is 4. The van der Waals surface area contributed by atoms with Crippen molar-refractivity contribution in [3.63, 3.8) is 0 Å². The molecule has 1 heterocycles. The van der Waals surface area contributed by atoms with Crippen molar-refractivity contribution >= 4 is 17.5 Å². The summed E-state index contributed by atoms with van der Waals surface area (Å²) >= 11 is 6.27. The molecule has 26 heavy (non-hydrogen) atoms. The molecule has 1 aromatic carbocycles. The summed E-state index contributed by atoms with van der Waals surface area (Å²) in [6, 6.07) is 4.15. The fourth-order valence-corrected chi connectivity index (χ4v) is 5.07. The van der Waals surface area contributed by atoms with Crippen molar-refractivity contribution in [2.45, 2.75) is 44.6 Å². The Morgan fingerprint density at radius 3 is 2.69 bits per heavy atom. The van der Waals surface area contributed by atoms with E-state index in [-0.39, 0.29) is 11.8 Å². The van der Waals surface area contributed by atoms with Gasteiger partial charge in [0.25, 0.3) is 0 Å². The quantitative estimate of drug-likeness (QED) is 0.844. The minimum absolute atomic E-state index is 0.119. The predicted octanol–water partition coefficient (Wildman–Crippen LogP) is 2.92. The molecule has 6 heteroatoms. The van der Waals surface area contributed by atoms with Crippen LogP contribution in [-0.2, 0) is 11.2 Å². The van der Waals surface area contributed by atoms with E-state index in [0.29, 0.717) is 54.2 Å². The van der Waals surface area contributed by atoms with Crippen molar-refractivity contribution in [2.24, 2.45) is 23.5 Å². The highest BCUT2D eigenvalue weighted by Crippen LogP contribution is 2.42. The molecule has 2 saturated carbocycles. The SMILES string of the molecule is NC1C2CCCC1CC(C(=O)NCCc1cc(Cl)c3c(c1)OCCO3)C2. The normalized spacial score (nSPS) is 29.9. The molecule has 0 spiro atoms. The fraction of sp³-hybridized carbons (Fsp3) is 0.650. The second-order valence-corrected chi connectivity index (χ2v) is 8.25. The van der Waals surface area contributed by atoms with E-state index >= 15 is 0 Å². The number of benzene rings is 1. The first-order chi connectivity index (χ1) is 12.6. The van der Waals surface area contributed by atoms with Crippen LogP contribution in [0.15, 0.2) is 12.1 Å². The molecule has 2 atom stereocenters. The molecule has 2 bridgehead atoms. The van der Waals surface area contributed by atoms with Crippen molar-refractivity contribution in [1.82, 2.24) is 5.32 Å². The number of carbonyl (C=O) groups excluding carboxylic acids is 1. The van der Waals surface area contributed by atoms with Crippen LogP contribution in [0.1, 0.15) is 37.7 Å². The van der Waals surface area contributed by atoms with Gasteiger partial charge in [0.1, 0.15) is 13.2 Å². The van der Waals surface area contributed by atoms with Gasteiger partial charge in [0.2, 0.25) is 5.91 Å². The van der Waals surface area contributed by atoms with Crippen LogP contribution in [0, 0.1) is 17.8 Å². The zero-order valence-electron chi connectivity index (χ0n) is 15.0. The molecular weight excluding hydrogens is 352 g/mol. The van der Waals surface area contributed by atoms with Crippen LogP contribution in [0.25, 0.3) is 0 Å². The average Bonchev–Trinajstić information content (AvgIpc) is 2.61. The lowest BCUT2D eigenvalue weighted by molar-refractivity contribution is -0.127. The van der Waals surface area contributed by atoms with Crippen molar-refractivity contribution in [3.8, 4) is 11.5 Å². The topological polar surface area (TPSA) is 73.6 Å². The molecule has 0 radical (unpaired) electrons. The highest BCUT2D eigenvalue weighted by atomic mass is 35.5. The molecule has 4 rings (SSSR count). The van der Waals surface area contributed by atoms with Crippen LogP contribution >= 0.6 is 11.6 Å². The molecular formula is C20H27ClN2O3. The number of carbonyl (C=O) groups is 1. The highest BCUT2D eigenvalue weighted by Gasteiger charge is 2.40. The van der Waals surface area contributed by atoms with Gasteiger partial charge in [0.05, 0.1) is 5.02 Å². The Balaban J connectivity index is 1.31. The van der Waals surface area contributed by atoms with Crippen LogP contribution in [0.3, 0.4) is 0 Å². The van der Waals surface area contributed by atoms with Gasteiger partial charge in [0, 0.05) is 18.5 Å². The van der Waals surface area contributed by atoms with Crippen molar-refractivity contribution in [2.75, 3.05) is 19.8 Å². The van der Waals surface area contributed by atoms with Crippen molar-refractivity contribution < 1.29 is 14.3 Å². The number of nitrogens with two attached hydrogens (primary N) is 1. The standard InChI is InChI=1S/C20H27ClN2O3/c21-16-8-12(9-17-19(16)26-7-6-25-17)4-5-23-20(24)15-10-13-2-1-3-14(11-15)18(13)22/h8-9,13-15,18H,1-7,10-11,22H2,(H,23,24). The van der Waals surface area contributed by atoms with Gasteiger partial charge in [-0.05, 0) is 61.6 Å². The molecule has 3 N–H and O–H groups in total. The van der Waals surface area contributed by atoms with E-state index in [1.54, 1.807) is 0 Å². The van der Waals surface area contributed by atoms with Gasteiger partial charge in [0.15, 0.2) is 11.5 Å². The van der Waals surface area contributed by atoms with E-state index in [0.717, 1.165) is 24.8 Å². The third-order valence-electron chi connectivity index (χ3n) is 6.15. The number of amides is 1. The molecule has 1 amide bonds. The van der Waals surface area contributed by atoms with Gasteiger partial charge in [-0.1, -0.05) is 18.0 Å². The first kappa shape index (κ1) is 17.9. The maximum atomic E-state index is 12.6. The maximum Gasteiger partial charge on any atom is 0.223 e. The van der Waals surface area contributed by atoms with Crippen LogP contribution in [0.4, 0.5) is 0 Å². The summed E-state index contributed by atoms with van der Waals surface area (Å²) in [7, 11) is 0. The van der Waals surface area contributed by atoms with Crippen molar-refractivity contribution in [3.05, 3.63) is 22.7 Å². The number of ether oxygens (including phenoxy) is 2. The number of nitrogens with one attached hydrogen (secondary N) is 1. The molecule has 142 valence electrons. The van der Waals surface area contributed by atoms with Crippen LogP contribution in [0.2, 0.25) is 5.02 Å². The van der Waals surface area contributed by atoms with Gasteiger partial charge in [-0.15, -0.1) is 0 Å². The first-order valence-corrected chi connectivity index (χ1v) is 10.1. The highest BCUT2D eigenvalue weighted by molar-refractivity contribution is 6.32. The maximum absolute atomic E-state index is 12.6. The molecule has 2 unspecified atom stereocenters. The minimum atomic E-state index is 0.119. The third-order valence-corrected chi connectivity index (χ3v) is 6.43. The lowest BCUT2D eigenvalue weighted by Crippen LogP contribution is -2.49. The predicted molar refractivity (Wildman–Crippen MR) is 101 cm³/mol. The number of halogens is 1. The van der Waals surface area contributed by atoms with Gasteiger partial charge in [-0.25, -0.2) is 0 Å². The molecule has 0 aromatic heterocycles.